The number of piperidine rings is 1. The standard InChI is InChI=1S/C15H21ClN2O/c1-10-11(16)6-4-7-12(10)18-14(19)13-15(2,3)8-5-9-17-13/h4,6-7,13,17H,5,8-9H2,1-3H3,(H,18,19). The number of carbonyl (C=O) groups excluding carboxylic acids is 1. The summed E-state index contributed by atoms with van der Waals surface area (Å²) in [5, 5.41) is 6.98. The minimum Gasteiger partial charge on any atom is -0.324 e. The van der Waals surface area contributed by atoms with Gasteiger partial charge in [-0.3, -0.25) is 4.79 Å². The number of nitrogens with one attached hydrogen (secondary N) is 2. The Kier molecular flexibility index (Phi) is 4.16. The summed E-state index contributed by atoms with van der Waals surface area (Å²) < 4.78 is 0. The second-order valence-corrected chi connectivity index (χ2v) is 6.29. The fourth-order valence-corrected chi connectivity index (χ4v) is 2.78. The van der Waals surface area contributed by atoms with Gasteiger partial charge in [0.15, 0.2) is 0 Å². The lowest BCUT2D eigenvalue weighted by molar-refractivity contribution is -0.121. The monoisotopic (exact) mass is 280 g/mol. The first-order chi connectivity index (χ1) is 8.92. The molecule has 1 aromatic carbocycles. The maximum atomic E-state index is 12.4. The summed E-state index contributed by atoms with van der Waals surface area (Å²) >= 11 is 6.07. The number of hydrogen-bond donors (Lipinski definition) is 2. The van der Waals surface area contributed by atoms with Crippen LogP contribution >= 0.6 is 11.6 Å². The Morgan fingerprint density at radius 2 is 2.21 bits per heavy atom. The van der Waals surface area contributed by atoms with Gasteiger partial charge in [-0.2, -0.15) is 0 Å². The van der Waals surface area contributed by atoms with Gasteiger partial charge in [-0.1, -0.05) is 31.5 Å². The molecule has 2 rings (SSSR count). The molecule has 1 heterocycles. The molecule has 4 heteroatoms. The van der Waals surface area contributed by atoms with Crippen molar-refractivity contribution in [1.29, 1.82) is 0 Å². The number of halogens is 1. The average Bonchev–Trinajstić information content (AvgIpc) is 2.34. The third-order valence-corrected chi connectivity index (χ3v) is 4.33. The predicted octanol–water partition coefficient (Wildman–Crippen LogP) is 3.37. The molecule has 1 fully saturated rings. The normalized spacial score (nSPS) is 22.0. The van der Waals surface area contributed by atoms with Gasteiger partial charge < -0.3 is 10.6 Å². The van der Waals surface area contributed by atoms with E-state index in [1.165, 1.54) is 0 Å². The van der Waals surface area contributed by atoms with Crippen molar-refractivity contribution in [3.63, 3.8) is 0 Å². The Hall–Kier alpha value is -1.06. The molecule has 1 unspecified atom stereocenters. The van der Waals surface area contributed by atoms with Crippen LogP contribution < -0.4 is 10.6 Å². The molecule has 0 spiro atoms. The number of hydrogen-bond acceptors (Lipinski definition) is 2. The second-order valence-electron chi connectivity index (χ2n) is 5.88. The number of rotatable bonds is 2. The molecule has 0 aliphatic carbocycles. The molecule has 1 atom stereocenters. The van der Waals surface area contributed by atoms with Crippen molar-refractivity contribution in [2.24, 2.45) is 5.41 Å². The van der Waals surface area contributed by atoms with E-state index in [1.807, 2.05) is 25.1 Å². The van der Waals surface area contributed by atoms with Crippen LogP contribution in [0.2, 0.25) is 5.02 Å². The van der Waals surface area contributed by atoms with Crippen molar-refractivity contribution in [2.75, 3.05) is 11.9 Å². The van der Waals surface area contributed by atoms with Crippen molar-refractivity contribution in [1.82, 2.24) is 5.32 Å². The largest absolute Gasteiger partial charge is 0.324 e. The van der Waals surface area contributed by atoms with Gasteiger partial charge in [0.2, 0.25) is 5.91 Å². The van der Waals surface area contributed by atoms with E-state index in [2.05, 4.69) is 24.5 Å². The van der Waals surface area contributed by atoms with E-state index in [0.29, 0.717) is 5.02 Å². The van der Waals surface area contributed by atoms with Crippen LogP contribution in [-0.2, 0) is 4.79 Å². The first-order valence-electron chi connectivity index (χ1n) is 6.71. The van der Waals surface area contributed by atoms with Gasteiger partial charge in [0, 0.05) is 10.7 Å². The summed E-state index contributed by atoms with van der Waals surface area (Å²) in [6.07, 6.45) is 2.18. The van der Waals surface area contributed by atoms with Gasteiger partial charge in [0.25, 0.3) is 0 Å². The van der Waals surface area contributed by atoms with E-state index in [4.69, 9.17) is 11.6 Å². The van der Waals surface area contributed by atoms with Crippen LogP contribution in [0.5, 0.6) is 0 Å². The fraction of sp³-hybridized carbons (Fsp3) is 0.533. The second kappa shape index (κ2) is 5.51. The lowest BCUT2D eigenvalue weighted by Gasteiger charge is -2.38. The highest BCUT2D eigenvalue weighted by Crippen LogP contribution is 2.31. The van der Waals surface area contributed by atoms with Crippen molar-refractivity contribution in [3.05, 3.63) is 28.8 Å². The fourth-order valence-electron chi connectivity index (χ4n) is 2.61. The molecule has 0 bridgehead atoms. The molecule has 104 valence electrons. The number of amides is 1. The molecular formula is C15H21ClN2O. The topological polar surface area (TPSA) is 41.1 Å². The highest BCUT2D eigenvalue weighted by atomic mass is 35.5. The molecule has 1 aliphatic rings. The Labute approximate surface area is 119 Å². The quantitative estimate of drug-likeness (QED) is 0.872. The van der Waals surface area contributed by atoms with Gasteiger partial charge >= 0.3 is 0 Å². The maximum absolute atomic E-state index is 12.4. The SMILES string of the molecule is Cc1c(Cl)cccc1NC(=O)C1NCCCC1(C)C. The number of anilines is 1. The first kappa shape index (κ1) is 14.4. The van der Waals surface area contributed by atoms with Gasteiger partial charge in [0.05, 0.1) is 6.04 Å². The molecule has 19 heavy (non-hydrogen) atoms. The minimum absolute atomic E-state index is 0.0190. The van der Waals surface area contributed by atoms with E-state index in [9.17, 15) is 4.79 Å². The van der Waals surface area contributed by atoms with E-state index in [1.54, 1.807) is 0 Å². The van der Waals surface area contributed by atoms with E-state index < -0.39 is 0 Å². The van der Waals surface area contributed by atoms with Crippen LogP contribution in [0.3, 0.4) is 0 Å². The lowest BCUT2D eigenvalue weighted by atomic mass is 9.77. The van der Waals surface area contributed by atoms with E-state index >= 15 is 0 Å². The summed E-state index contributed by atoms with van der Waals surface area (Å²) in [4.78, 5) is 12.4. The average molecular weight is 281 g/mol. The summed E-state index contributed by atoms with van der Waals surface area (Å²) in [6, 6.07) is 5.41. The van der Waals surface area contributed by atoms with Crippen LogP contribution in [0.4, 0.5) is 5.69 Å². The maximum Gasteiger partial charge on any atom is 0.242 e. The molecule has 0 aromatic heterocycles. The number of carbonyl (C=O) groups is 1. The van der Waals surface area contributed by atoms with Crippen LogP contribution in [0, 0.1) is 12.3 Å². The molecule has 1 aliphatic heterocycles. The van der Waals surface area contributed by atoms with Gasteiger partial charge in [0.1, 0.15) is 0 Å². The number of benzene rings is 1. The molecule has 1 aromatic rings. The summed E-state index contributed by atoms with van der Waals surface area (Å²) in [6.45, 7) is 7.08. The molecule has 0 saturated carbocycles. The van der Waals surface area contributed by atoms with Gasteiger partial charge in [-0.25, -0.2) is 0 Å². The summed E-state index contributed by atoms with van der Waals surface area (Å²) in [5.41, 5.74) is 1.68. The molecule has 0 radical (unpaired) electrons. The van der Waals surface area contributed by atoms with Crippen molar-refractivity contribution in [2.45, 2.75) is 39.7 Å². The lowest BCUT2D eigenvalue weighted by Crippen LogP contribution is -2.53. The Morgan fingerprint density at radius 1 is 1.47 bits per heavy atom. The zero-order chi connectivity index (χ0) is 14.0. The molecule has 2 N–H and O–H groups in total. The van der Waals surface area contributed by atoms with E-state index in [-0.39, 0.29) is 17.4 Å². The third-order valence-electron chi connectivity index (χ3n) is 3.92. The van der Waals surface area contributed by atoms with Crippen molar-refractivity contribution in [3.8, 4) is 0 Å². The highest BCUT2D eigenvalue weighted by molar-refractivity contribution is 6.31. The molecular weight excluding hydrogens is 260 g/mol. The minimum atomic E-state index is -0.153. The molecule has 3 nitrogen and oxygen atoms in total. The van der Waals surface area contributed by atoms with Crippen LogP contribution in [0.25, 0.3) is 0 Å². The molecule has 1 saturated heterocycles. The zero-order valence-electron chi connectivity index (χ0n) is 11.7. The van der Waals surface area contributed by atoms with E-state index in [0.717, 1.165) is 30.6 Å². The Bertz CT molecular complexity index is 485. The van der Waals surface area contributed by atoms with Crippen LogP contribution in [0.15, 0.2) is 18.2 Å². The van der Waals surface area contributed by atoms with Crippen LogP contribution in [0.1, 0.15) is 32.3 Å². The molecule has 1 amide bonds. The Morgan fingerprint density at radius 3 is 2.89 bits per heavy atom. The van der Waals surface area contributed by atoms with Gasteiger partial charge in [-0.15, -0.1) is 0 Å². The van der Waals surface area contributed by atoms with Crippen molar-refractivity contribution >= 4 is 23.2 Å². The van der Waals surface area contributed by atoms with Crippen molar-refractivity contribution < 1.29 is 4.79 Å². The smallest absolute Gasteiger partial charge is 0.242 e. The zero-order valence-corrected chi connectivity index (χ0v) is 12.5. The third kappa shape index (κ3) is 3.10. The highest BCUT2D eigenvalue weighted by Gasteiger charge is 2.37. The first-order valence-corrected chi connectivity index (χ1v) is 7.09. The van der Waals surface area contributed by atoms with Crippen LogP contribution in [-0.4, -0.2) is 18.5 Å². The summed E-state index contributed by atoms with van der Waals surface area (Å²) in [5.74, 6) is 0.0232. The predicted molar refractivity (Wildman–Crippen MR) is 79.6 cm³/mol. The van der Waals surface area contributed by atoms with Gasteiger partial charge in [-0.05, 0) is 49.4 Å². The Balaban J connectivity index is 2.14. The summed E-state index contributed by atoms with van der Waals surface area (Å²) in [7, 11) is 0.